The van der Waals surface area contributed by atoms with Crippen molar-refractivity contribution >= 4 is 16.8 Å². The van der Waals surface area contributed by atoms with Crippen molar-refractivity contribution in [2.24, 2.45) is 0 Å². The third-order valence-corrected chi connectivity index (χ3v) is 2.97. The molecule has 1 aromatic carbocycles. The van der Waals surface area contributed by atoms with Crippen molar-refractivity contribution in [2.45, 2.75) is 26.2 Å². The molecule has 0 spiro atoms. The first-order chi connectivity index (χ1) is 8.61. The topological polar surface area (TPSA) is 57.8 Å². The predicted octanol–water partition coefficient (Wildman–Crippen LogP) is 2.48. The second-order valence-corrected chi connectivity index (χ2v) is 4.79. The molecule has 0 saturated carbocycles. The zero-order chi connectivity index (χ0) is 13.1. The lowest BCUT2D eigenvalue weighted by Gasteiger charge is -2.00. The van der Waals surface area contributed by atoms with Crippen molar-refractivity contribution in [3.05, 3.63) is 29.6 Å². The van der Waals surface area contributed by atoms with Crippen molar-refractivity contribution in [2.75, 3.05) is 13.6 Å². The Kier molecular flexibility index (Phi) is 3.77. The number of carbonyl (C=O) groups excluding carboxylic acids is 1. The number of ketones is 1. The zero-order valence-corrected chi connectivity index (χ0v) is 11.1. The molecule has 0 bridgehead atoms. The number of aromatic nitrogens is 2. The summed E-state index contributed by atoms with van der Waals surface area (Å²) in [6, 6.07) is 5.65. The van der Waals surface area contributed by atoms with Gasteiger partial charge in [0.25, 0.3) is 0 Å². The highest BCUT2D eigenvalue weighted by molar-refractivity contribution is 5.99. The van der Waals surface area contributed by atoms with Crippen LogP contribution in [-0.2, 0) is 0 Å². The summed E-state index contributed by atoms with van der Waals surface area (Å²) in [7, 11) is 1.85. The highest BCUT2D eigenvalue weighted by Gasteiger charge is 2.10. The molecule has 18 heavy (non-hydrogen) atoms. The van der Waals surface area contributed by atoms with Gasteiger partial charge in [0.2, 0.25) is 0 Å². The van der Waals surface area contributed by atoms with Crippen molar-refractivity contribution in [1.82, 2.24) is 15.3 Å². The van der Waals surface area contributed by atoms with Crippen LogP contribution in [0.4, 0.5) is 0 Å². The van der Waals surface area contributed by atoms with Gasteiger partial charge in [-0.1, -0.05) is 13.8 Å². The van der Waals surface area contributed by atoms with E-state index in [1.54, 1.807) is 0 Å². The summed E-state index contributed by atoms with van der Waals surface area (Å²) in [5.74, 6) is 1.48. The Hall–Kier alpha value is -1.68. The number of carbonyl (C=O) groups is 1. The fourth-order valence-electron chi connectivity index (χ4n) is 1.86. The van der Waals surface area contributed by atoms with Gasteiger partial charge in [-0.15, -0.1) is 0 Å². The number of H-pyrrole nitrogens is 1. The summed E-state index contributed by atoms with van der Waals surface area (Å²) >= 11 is 0. The summed E-state index contributed by atoms with van der Waals surface area (Å²) in [5, 5.41) is 2.98. The van der Waals surface area contributed by atoms with E-state index in [1.165, 1.54) is 0 Å². The van der Waals surface area contributed by atoms with Crippen LogP contribution in [0.15, 0.2) is 18.2 Å². The van der Waals surface area contributed by atoms with Crippen LogP contribution < -0.4 is 5.32 Å². The fourth-order valence-corrected chi connectivity index (χ4v) is 1.86. The van der Waals surface area contributed by atoms with Crippen LogP contribution in [0.25, 0.3) is 11.0 Å². The standard InChI is InChI=1S/C14H19N3O/c1-9(2)14-16-11-5-4-10(8-12(11)17-14)13(18)6-7-15-3/h4-5,8-9,15H,6-7H2,1-3H3,(H,16,17). The number of aromatic amines is 1. The molecule has 4 nitrogen and oxygen atoms in total. The van der Waals surface area contributed by atoms with Gasteiger partial charge in [0.1, 0.15) is 5.82 Å². The maximum atomic E-state index is 11.9. The van der Waals surface area contributed by atoms with Gasteiger partial charge in [-0.2, -0.15) is 0 Å². The lowest BCUT2D eigenvalue weighted by Crippen LogP contribution is -2.12. The van der Waals surface area contributed by atoms with Crippen molar-refractivity contribution in [1.29, 1.82) is 0 Å². The molecule has 0 saturated heterocycles. The van der Waals surface area contributed by atoms with Gasteiger partial charge in [-0.05, 0) is 25.2 Å². The molecular formula is C14H19N3O. The normalized spacial score (nSPS) is 11.3. The van der Waals surface area contributed by atoms with Gasteiger partial charge < -0.3 is 10.3 Å². The molecule has 0 aliphatic heterocycles. The highest BCUT2D eigenvalue weighted by atomic mass is 16.1. The maximum Gasteiger partial charge on any atom is 0.164 e. The van der Waals surface area contributed by atoms with Gasteiger partial charge in [-0.3, -0.25) is 4.79 Å². The largest absolute Gasteiger partial charge is 0.342 e. The van der Waals surface area contributed by atoms with Gasteiger partial charge >= 0.3 is 0 Å². The first kappa shape index (κ1) is 12.8. The van der Waals surface area contributed by atoms with Crippen LogP contribution in [0, 0.1) is 0 Å². The van der Waals surface area contributed by atoms with Crippen molar-refractivity contribution in [3.63, 3.8) is 0 Å². The summed E-state index contributed by atoms with van der Waals surface area (Å²) < 4.78 is 0. The van der Waals surface area contributed by atoms with Crippen LogP contribution in [0.3, 0.4) is 0 Å². The molecule has 0 atom stereocenters. The molecule has 2 N–H and O–H groups in total. The van der Waals surface area contributed by atoms with E-state index in [2.05, 4.69) is 29.1 Å². The number of fused-ring (bicyclic) bond motifs is 1. The van der Waals surface area contributed by atoms with E-state index in [0.29, 0.717) is 18.9 Å². The van der Waals surface area contributed by atoms with Crippen molar-refractivity contribution < 1.29 is 4.79 Å². The average Bonchev–Trinajstić information content (AvgIpc) is 2.78. The number of hydrogen-bond acceptors (Lipinski definition) is 3. The third-order valence-electron chi connectivity index (χ3n) is 2.97. The molecule has 0 aliphatic carbocycles. The Morgan fingerprint density at radius 3 is 2.89 bits per heavy atom. The van der Waals surface area contributed by atoms with Crippen LogP contribution >= 0.6 is 0 Å². The lowest BCUT2D eigenvalue weighted by molar-refractivity contribution is 0.0983. The second-order valence-electron chi connectivity index (χ2n) is 4.79. The number of benzene rings is 1. The van der Waals surface area contributed by atoms with Crippen LogP contribution in [-0.4, -0.2) is 29.3 Å². The first-order valence-electron chi connectivity index (χ1n) is 6.29. The number of rotatable bonds is 5. The Labute approximate surface area is 107 Å². The molecular weight excluding hydrogens is 226 g/mol. The van der Waals surface area contributed by atoms with Gasteiger partial charge in [0.05, 0.1) is 11.0 Å². The van der Waals surface area contributed by atoms with Crippen LogP contribution in [0.1, 0.15) is 42.4 Å². The SMILES string of the molecule is CNCCC(=O)c1ccc2nc(C(C)C)[nH]c2c1. The predicted molar refractivity (Wildman–Crippen MR) is 73.1 cm³/mol. The smallest absolute Gasteiger partial charge is 0.164 e. The molecule has 4 heteroatoms. The molecule has 1 heterocycles. The van der Waals surface area contributed by atoms with Gasteiger partial charge in [-0.25, -0.2) is 4.98 Å². The minimum absolute atomic E-state index is 0.159. The lowest BCUT2D eigenvalue weighted by atomic mass is 10.1. The van der Waals surface area contributed by atoms with Gasteiger partial charge in [0, 0.05) is 24.4 Å². The molecule has 2 rings (SSSR count). The molecule has 0 fully saturated rings. The van der Waals surface area contributed by atoms with E-state index in [-0.39, 0.29) is 5.78 Å². The maximum absolute atomic E-state index is 11.9. The quantitative estimate of drug-likeness (QED) is 0.796. The Balaban J connectivity index is 2.29. The van der Waals surface area contributed by atoms with E-state index in [0.717, 1.165) is 22.4 Å². The number of hydrogen-bond donors (Lipinski definition) is 2. The van der Waals surface area contributed by atoms with E-state index in [9.17, 15) is 4.79 Å². The van der Waals surface area contributed by atoms with Crippen LogP contribution in [0.5, 0.6) is 0 Å². The minimum atomic E-state index is 0.159. The average molecular weight is 245 g/mol. The monoisotopic (exact) mass is 245 g/mol. The Bertz CT molecular complexity index is 557. The summed E-state index contributed by atoms with van der Waals surface area (Å²) in [6.45, 7) is 4.89. The minimum Gasteiger partial charge on any atom is -0.342 e. The van der Waals surface area contributed by atoms with E-state index in [4.69, 9.17) is 0 Å². The van der Waals surface area contributed by atoms with Crippen molar-refractivity contribution in [3.8, 4) is 0 Å². The number of nitrogens with zero attached hydrogens (tertiary/aromatic N) is 1. The second kappa shape index (κ2) is 5.31. The van der Waals surface area contributed by atoms with E-state index >= 15 is 0 Å². The number of Topliss-reactive ketones (excluding diaryl/α,β-unsaturated/α-hetero) is 1. The number of nitrogens with one attached hydrogen (secondary N) is 2. The van der Waals surface area contributed by atoms with Gasteiger partial charge in [0.15, 0.2) is 5.78 Å². The first-order valence-corrected chi connectivity index (χ1v) is 6.29. The fraction of sp³-hybridized carbons (Fsp3) is 0.429. The summed E-state index contributed by atoms with van der Waals surface area (Å²) in [5.41, 5.74) is 2.61. The molecule has 0 unspecified atom stereocenters. The third kappa shape index (κ3) is 2.59. The number of imidazole rings is 1. The molecule has 96 valence electrons. The molecule has 0 amide bonds. The Morgan fingerprint density at radius 2 is 2.22 bits per heavy atom. The summed E-state index contributed by atoms with van der Waals surface area (Å²) in [4.78, 5) is 19.7. The van der Waals surface area contributed by atoms with E-state index < -0.39 is 0 Å². The van der Waals surface area contributed by atoms with E-state index in [1.807, 2.05) is 25.2 Å². The molecule has 0 radical (unpaired) electrons. The highest BCUT2D eigenvalue weighted by Crippen LogP contribution is 2.18. The molecule has 1 aromatic heterocycles. The Morgan fingerprint density at radius 1 is 1.44 bits per heavy atom. The summed E-state index contributed by atoms with van der Waals surface area (Å²) in [6.07, 6.45) is 0.521. The molecule has 0 aliphatic rings. The molecule has 2 aromatic rings. The zero-order valence-electron chi connectivity index (χ0n) is 11.1. The van der Waals surface area contributed by atoms with Crippen LogP contribution in [0.2, 0.25) is 0 Å².